The Labute approximate surface area is 133 Å². The van der Waals surface area contributed by atoms with Gasteiger partial charge in [-0.25, -0.2) is 12.8 Å². The van der Waals surface area contributed by atoms with Crippen molar-refractivity contribution in [3.8, 4) is 0 Å². The zero-order valence-electron chi connectivity index (χ0n) is 12.3. The summed E-state index contributed by atoms with van der Waals surface area (Å²) in [5.41, 5.74) is 0.703. The minimum absolute atomic E-state index is 0.0113. The molecule has 3 heterocycles. The van der Waals surface area contributed by atoms with E-state index in [4.69, 9.17) is 4.74 Å². The minimum Gasteiger partial charge on any atom is -0.374 e. The van der Waals surface area contributed by atoms with Crippen LogP contribution in [0.4, 0.5) is 4.39 Å². The second-order valence-corrected chi connectivity index (χ2v) is 7.61. The first-order chi connectivity index (χ1) is 11.0. The fourth-order valence-electron chi connectivity index (χ4n) is 2.84. The van der Waals surface area contributed by atoms with Crippen LogP contribution in [0.3, 0.4) is 0 Å². The van der Waals surface area contributed by atoms with E-state index in [0.717, 1.165) is 11.1 Å². The van der Waals surface area contributed by atoms with Crippen molar-refractivity contribution < 1.29 is 17.5 Å². The number of hydrogen-bond acceptors (Lipinski definition) is 4. The molecule has 0 spiro atoms. The zero-order valence-corrected chi connectivity index (χ0v) is 13.1. The second kappa shape index (κ2) is 5.01. The molecule has 3 aliphatic rings. The maximum absolute atomic E-state index is 14.3. The lowest BCUT2D eigenvalue weighted by Gasteiger charge is -2.34. The maximum Gasteiger partial charge on any atom is 0.256 e. The fraction of sp³-hybridized carbons (Fsp3) is 0.312. The molecule has 120 valence electrons. The summed E-state index contributed by atoms with van der Waals surface area (Å²) in [5, 5.41) is 0. The molecule has 4 rings (SSSR count). The van der Waals surface area contributed by atoms with E-state index in [9.17, 15) is 12.8 Å². The third-order valence-electron chi connectivity index (χ3n) is 4.23. The Balaban J connectivity index is 1.70. The van der Waals surface area contributed by atoms with Gasteiger partial charge in [0.25, 0.3) is 10.0 Å². The van der Waals surface area contributed by atoms with E-state index in [1.165, 1.54) is 0 Å². The number of benzene rings is 1. The van der Waals surface area contributed by atoms with E-state index in [0.29, 0.717) is 17.9 Å². The molecule has 23 heavy (non-hydrogen) atoms. The van der Waals surface area contributed by atoms with Crippen LogP contribution in [0.1, 0.15) is 11.1 Å². The molecule has 0 bridgehead atoms. The third-order valence-corrected chi connectivity index (χ3v) is 5.38. The smallest absolute Gasteiger partial charge is 0.256 e. The monoisotopic (exact) mass is 334 g/mol. The van der Waals surface area contributed by atoms with Crippen LogP contribution in [-0.2, 0) is 20.4 Å². The van der Waals surface area contributed by atoms with Crippen LogP contribution in [0.2, 0.25) is 0 Å². The predicted molar refractivity (Wildman–Crippen MR) is 85.1 cm³/mol. The summed E-state index contributed by atoms with van der Waals surface area (Å²) >= 11 is 0. The van der Waals surface area contributed by atoms with Gasteiger partial charge >= 0.3 is 0 Å². The molecule has 0 amide bonds. The van der Waals surface area contributed by atoms with Gasteiger partial charge in [0.1, 0.15) is 0 Å². The molecule has 3 aliphatic heterocycles. The van der Waals surface area contributed by atoms with Crippen LogP contribution in [-0.4, -0.2) is 44.7 Å². The second-order valence-electron chi connectivity index (χ2n) is 5.85. The molecule has 0 N–H and O–H groups in total. The van der Waals surface area contributed by atoms with Crippen molar-refractivity contribution in [1.82, 2.24) is 4.90 Å². The predicted octanol–water partition coefficient (Wildman–Crippen LogP) is 1.84. The Morgan fingerprint density at radius 3 is 2.61 bits per heavy atom. The molecular formula is C16H15FN2O3S. The quantitative estimate of drug-likeness (QED) is 0.828. The lowest BCUT2D eigenvalue weighted by molar-refractivity contribution is -0.135. The van der Waals surface area contributed by atoms with Gasteiger partial charge < -0.3 is 9.64 Å². The molecule has 0 saturated carbocycles. The van der Waals surface area contributed by atoms with Gasteiger partial charge in [0.15, 0.2) is 11.5 Å². The highest BCUT2D eigenvalue weighted by Crippen LogP contribution is 2.35. The highest BCUT2D eigenvalue weighted by Gasteiger charge is 2.40. The van der Waals surface area contributed by atoms with Gasteiger partial charge in [-0.05, 0) is 23.3 Å². The van der Waals surface area contributed by atoms with Crippen molar-refractivity contribution in [3.63, 3.8) is 0 Å². The van der Waals surface area contributed by atoms with E-state index in [1.54, 1.807) is 24.3 Å². The molecule has 0 unspecified atom stereocenters. The van der Waals surface area contributed by atoms with E-state index in [-0.39, 0.29) is 19.0 Å². The largest absolute Gasteiger partial charge is 0.374 e. The number of nitrogens with zero attached hydrogens (tertiary/aromatic N) is 2. The van der Waals surface area contributed by atoms with Crippen LogP contribution in [0, 0.1) is 0 Å². The van der Waals surface area contributed by atoms with Crippen molar-refractivity contribution in [1.29, 1.82) is 0 Å². The summed E-state index contributed by atoms with van der Waals surface area (Å²) in [6, 6.07) is 7.03. The summed E-state index contributed by atoms with van der Waals surface area (Å²) in [6.07, 6.45) is 5.49. The number of sulfonamides is 1. The lowest BCUT2D eigenvalue weighted by Crippen LogP contribution is -2.42. The number of allylic oxidation sites excluding steroid dienone is 2. The van der Waals surface area contributed by atoms with Crippen molar-refractivity contribution in [3.05, 3.63) is 53.7 Å². The van der Waals surface area contributed by atoms with E-state index < -0.39 is 15.7 Å². The van der Waals surface area contributed by atoms with Crippen molar-refractivity contribution in [2.75, 3.05) is 25.5 Å². The van der Waals surface area contributed by atoms with E-state index in [1.807, 2.05) is 23.3 Å². The van der Waals surface area contributed by atoms with E-state index in [2.05, 4.69) is 4.40 Å². The molecule has 0 radical (unpaired) electrons. The number of halogens is 1. The summed E-state index contributed by atoms with van der Waals surface area (Å²) in [5.74, 6) is 0.436. The topological polar surface area (TPSA) is 59.0 Å². The molecule has 0 atom stereocenters. The third kappa shape index (κ3) is 2.49. The normalized spacial score (nSPS) is 24.3. The number of fused-ring (bicyclic) bond motifs is 1. The van der Waals surface area contributed by atoms with Crippen LogP contribution < -0.4 is 0 Å². The molecule has 1 saturated heterocycles. The lowest BCUT2D eigenvalue weighted by atomic mass is 9.91. The van der Waals surface area contributed by atoms with Gasteiger partial charge in [0.2, 0.25) is 0 Å². The van der Waals surface area contributed by atoms with Gasteiger partial charge in [-0.15, -0.1) is 4.40 Å². The van der Waals surface area contributed by atoms with Crippen LogP contribution in [0.15, 0.2) is 47.0 Å². The van der Waals surface area contributed by atoms with Gasteiger partial charge in [-0.3, -0.25) is 0 Å². The average Bonchev–Trinajstić information content (AvgIpc) is 2.51. The zero-order chi connectivity index (χ0) is 16.1. The number of amidine groups is 1. The van der Waals surface area contributed by atoms with Gasteiger partial charge in [-0.1, -0.05) is 24.3 Å². The number of ether oxygens (including phenoxy) is 1. The van der Waals surface area contributed by atoms with Crippen molar-refractivity contribution >= 4 is 21.4 Å². The molecule has 5 nitrogen and oxygen atoms in total. The first-order valence-corrected chi connectivity index (χ1v) is 8.94. The van der Waals surface area contributed by atoms with Crippen LogP contribution in [0.25, 0.3) is 5.57 Å². The van der Waals surface area contributed by atoms with Crippen LogP contribution >= 0.6 is 0 Å². The van der Waals surface area contributed by atoms with Crippen molar-refractivity contribution in [2.24, 2.45) is 4.40 Å². The van der Waals surface area contributed by atoms with Gasteiger partial charge in [0.05, 0.1) is 19.0 Å². The first-order valence-electron chi connectivity index (χ1n) is 7.33. The highest BCUT2D eigenvalue weighted by molar-refractivity contribution is 7.90. The molecule has 1 aromatic rings. The minimum atomic E-state index is -3.43. The van der Waals surface area contributed by atoms with Gasteiger partial charge in [-0.2, -0.15) is 0 Å². The SMILES string of the molecule is O=S1(=O)CCN2C=CC=C(c3ccc(C4(F)COC4)cc3)C2=N1. The fourth-order valence-corrected chi connectivity index (χ4v) is 3.82. The molecule has 7 heteroatoms. The summed E-state index contributed by atoms with van der Waals surface area (Å²) in [7, 11) is -3.43. The Kier molecular flexibility index (Phi) is 3.18. The molecule has 1 fully saturated rings. The summed E-state index contributed by atoms with van der Waals surface area (Å²) < 4.78 is 46.7. The maximum atomic E-state index is 14.3. The average molecular weight is 334 g/mol. The first kappa shape index (κ1) is 14.6. The summed E-state index contributed by atoms with van der Waals surface area (Å²) in [6.45, 7) is 0.547. The molecule has 0 aliphatic carbocycles. The number of alkyl halides is 1. The molecule has 0 aromatic heterocycles. The number of hydrogen-bond donors (Lipinski definition) is 0. The Bertz CT molecular complexity index is 837. The highest BCUT2D eigenvalue weighted by atomic mass is 32.2. The Hall–Kier alpha value is -1.99. The summed E-state index contributed by atoms with van der Waals surface area (Å²) in [4.78, 5) is 1.82. The Morgan fingerprint density at radius 2 is 1.96 bits per heavy atom. The van der Waals surface area contributed by atoms with Crippen LogP contribution in [0.5, 0.6) is 0 Å². The van der Waals surface area contributed by atoms with Gasteiger partial charge in [0, 0.05) is 18.3 Å². The standard InChI is InChI=1S/C16H15FN2O3S/c17-16(10-22-11-16)13-5-3-12(4-6-13)14-2-1-7-19-8-9-23(20,21)18-15(14)19/h1-7H,8-11H2. The van der Waals surface area contributed by atoms with Crippen molar-refractivity contribution in [2.45, 2.75) is 5.67 Å². The Morgan fingerprint density at radius 1 is 1.22 bits per heavy atom. The molecule has 1 aromatic carbocycles. The number of rotatable bonds is 2. The van der Waals surface area contributed by atoms with E-state index >= 15 is 0 Å². The molecular weight excluding hydrogens is 319 g/mol.